The Kier molecular flexibility index (Phi) is 8.93. The molecule has 2 unspecified atom stereocenters. The zero-order chi connectivity index (χ0) is 31.1. The van der Waals surface area contributed by atoms with Crippen LogP contribution in [0.15, 0.2) is 34.1 Å². The zero-order valence-electron chi connectivity index (χ0n) is 23.9. The number of anilines is 1. The topological polar surface area (TPSA) is 167 Å². The molecule has 2 N–H and O–H groups in total. The molecule has 2 aromatic heterocycles. The maximum Gasteiger partial charge on any atom is 0.303 e. The van der Waals surface area contributed by atoms with Gasteiger partial charge in [-0.1, -0.05) is 12.1 Å². The summed E-state index contributed by atoms with van der Waals surface area (Å²) in [7, 11) is 0.604. The summed E-state index contributed by atoms with van der Waals surface area (Å²) in [5, 5.41) is 14.3. The Morgan fingerprint density at radius 2 is 1.86 bits per heavy atom. The Hall–Kier alpha value is -3.33. The van der Waals surface area contributed by atoms with Gasteiger partial charge in [-0.3, -0.25) is 18.7 Å². The molecule has 0 saturated carbocycles. The number of amides is 2. The lowest BCUT2D eigenvalue weighted by Crippen LogP contribution is -2.37. The molecule has 2 fully saturated rings. The zero-order valence-corrected chi connectivity index (χ0v) is 26.6. The second-order valence-corrected chi connectivity index (χ2v) is 15.0. The van der Waals surface area contributed by atoms with Gasteiger partial charge in [0.25, 0.3) is 5.91 Å². The molecule has 4 heterocycles. The smallest absolute Gasteiger partial charge is 0.303 e. The molecule has 5 rings (SSSR count). The third-order valence-electron chi connectivity index (χ3n) is 7.43. The fourth-order valence-corrected chi connectivity index (χ4v) is 8.14. The molecule has 2 aliphatic heterocycles. The minimum absolute atomic E-state index is 0.0629. The Morgan fingerprint density at radius 3 is 2.51 bits per heavy atom. The Labute approximate surface area is 253 Å². The van der Waals surface area contributed by atoms with Gasteiger partial charge in [0, 0.05) is 26.2 Å². The number of hydrogen-bond acceptors (Lipinski definition) is 8. The van der Waals surface area contributed by atoms with Crippen LogP contribution in [0.4, 0.5) is 5.82 Å². The predicted molar refractivity (Wildman–Crippen MR) is 164 cm³/mol. The van der Waals surface area contributed by atoms with Crippen molar-refractivity contribution in [2.75, 3.05) is 43.8 Å². The standard InChI is InChI=1S/C26H34N7O7PS2/c1-29(2)42(38)19-13-18(41)8-7-17(19)14-27-24(36)22-23(35)25(37)33-20(32-11-6-12-43(32,39)40)15-31(26(33)28-22)16-21(34)30-9-4-3-5-10-30/h7-8,13,15,35H,3-6,9-12,14,16,41H2,1-2H3,(H,27,36). The summed E-state index contributed by atoms with van der Waals surface area (Å²) in [4.78, 5) is 46.4. The Balaban J connectivity index is 1.53. The molecule has 2 saturated heterocycles. The number of imidazole rings is 1. The average molecular weight is 652 g/mol. The first-order chi connectivity index (χ1) is 20.4. The number of carbonyl (C=O) groups excluding carboxylic acids is 2. The lowest BCUT2D eigenvalue weighted by Gasteiger charge is -2.26. The number of benzene rings is 1. The number of piperidine rings is 1. The van der Waals surface area contributed by atoms with E-state index in [4.69, 9.17) is 0 Å². The highest BCUT2D eigenvalue weighted by Crippen LogP contribution is 2.27. The van der Waals surface area contributed by atoms with Gasteiger partial charge in [-0.15, -0.1) is 9.24 Å². The second-order valence-electron chi connectivity index (χ2n) is 10.7. The van der Waals surface area contributed by atoms with Crippen LogP contribution in [0.2, 0.25) is 0 Å². The minimum Gasteiger partial charge on any atom is -0.501 e. The van der Waals surface area contributed by atoms with Crippen molar-refractivity contribution in [2.24, 2.45) is 0 Å². The molecule has 0 aliphatic carbocycles. The molecule has 2 aliphatic rings. The number of aromatic nitrogens is 3. The van der Waals surface area contributed by atoms with Crippen molar-refractivity contribution in [3.63, 3.8) is 0 Å². The Morgan fingerprint density at radius 1 is 1.14 bits per heavy atom. The number of fused-ring (bicyclic) bond motifs is 1. The lowest BCUT2D eigenvalue weighted by molar-refractivity contribution is -0.132. The first-order valence-corrected chi connectivity index (χ1v) is 17.1. The summed E-state index contributed by atoms with van der Waals surface area (Å²) in [6.45, 7) is 0.974. The quantitative estimate of drug-likeness (QED) is 0.315. The lowest BCUT2D eigenvalue weighted by atomic mass is 10.1. The number of nitrogens with one attached hydrogen (secondary N) is 1. The number of aromatic hydroxyl groups is 1. The first-order valence-electron chi connectivity index (χ1n) is 13.8. The average Bonchev–Trinajstić information content (AvgIpc) is 3.52. The van der Waals surface area contributed by atoms with E-state index in [1.165, 1.54) is 15.1 Å². The molecule has 3 aromatic rings. The van der Waals surface area contributed by atoms with Crippen molar-refractivity contribution in [3.05, 3.63) is 46.0 Å². The van der Waals surface area contributed by atoms with Crippen molar-refractivity contribution in [1.29, 1.82) is 0 Å². The third-order valence-corrected chi connectivity index (χ3v) is 11.1. The van der Waals surface area contributed by atoms with Gasteiger partial charge in [0.15, 0.2) is 5.69 Å². The molecule has 0 bridgehead atoms. The Bertz CT molecular complexity index is 1780. The SMILES string of the molecule is CN(C)S(=O)c1cc(P)ccc1CNC(=O)c1nc2n(CC(=O)N3CCCCC3)cc(N3CCCS3(=O)=O)n2c(=O)c1O. The van der Waals surface area contributed by atoms with Gasteiger partial charge in [-0.2, -0.15) is 0 Å². The van der Waals surface area contributed by atoms with Gasteiger partial charge in [0.05, 0.1) is 16.8 Å². The van der Waals surface area contributed by atoms with E-state index in [1.54, 1.807) is 37.2 Å². The highest BCUT2D eigenvalue weighted by Gasteiger charge is 2.34. The van der Waals surface area contributed by atoms with E-state index in [1.807, 2.05) is 0 Å². The van der Waals surface area contributed by atoms with Crippen LogP contribution in [0.3, 0.4) is 0 Å². The second kappa shape index (κ2) is 12.3. The number of likely N-dealkylation sites (tertiary alicyclic amines) is 1. The van der Waals surface area contributed by atoms with Crippen LogP contribution < -0.4 is 20.5 Å². The molecule has 14 nitrogen and oxygen atoms in total. The fourth-order valence-electron chi connectivity index (χ4n) is 5.23. The third kappa shape index (κ3) is 6.19. The van der Waals surface area contributed by atoms with Crippen LogP contribution in [0.5, 0.6) is 5.75 Å². The normalized spacial score (nSPS) is 17.5. The van der Waals surface area contributed by atoms with Crippen LogP contribution in [-0.2, 0) is 38.9 Å². The maximum atomic E-state index is 13.5. The van der Waals surface area contributed by atoms with E-state index in [0.717, 1.165) is 33.3 Å². The van der Waals surface area contributed by atoms with Gasteiger partial charge in [0.1, 0.15) is 23.3 Å². The van der Waals surface area contributed by atoms with Gasteiger partial charge < -0.3 is 19.9 Å². The monoisotopic (exact) mass is 651 g/mol. The van der Waals surface area contributed by atoms with Crippen molar-refractivity contribution < 1.29 is 27.3 Å². The van der Waals surface area contributed by atoms with E-state index in [-0.39, 0.29) is 42.9 Å². The fraction of sp³-hybridized carbons (Fsp3) is 0.462. The van der Waals surface area contributed by atoms with Crippen LogP contribution >= 0.6 is 9.24 Å². The summed E-state index contributed by atoms with van der Waals surface area (Å²) in [6.07, 6.45) is 4.46. The molecule has 43 heavy (non-hydrogen) atoms. The number of hydrogen-bond donors (Lipinski definition) is 2. The molecule has 2 amide bonds. The van der Waals surface area contributed by atoms with Crippen molar-refractivity contribution in [3.8, 4) is 5.75 Å². The molecule has 2 atom stereocenters. The van der Waals surface area contributed by atoms with E-state index in [0.29, 0.717) is 30.0 Å². The van der Waals surface area contributed by atoms with E-state index in [2.05, 4.69) is 19.5 Å². The summed E-state index contributed by atoms with van der Waals surface area (Å²) in [5.74, 6) is -2.41. The van der Waals surface area contributed by atoms with Crippen LogP contribution in [0.25, 0.3) is 5.78 Å². The van der Waals surface area contributed by atoms with Crippen molar-refractivity contribution in [2.45, 2.75) is 43.7 Å². The molecule has 0 spiro atoms. The number of nitrogens with zero attached hydrogens (tertiary/aromatic N) is 6. The van der Waals surface area contributed by atoms with Crippen molar-refractivity contribution >= 4 is 59.0 Å². The van der Waals surface area contributed by atoms with Crippen LogP contribution in [0, 0.1) is 0 Å². The van der Waals surface area contributed by atoms with Gasteiger partial charge in [0.2, 0.25) is 27.5 Å². The predicted octanol–water partition coefficient (Wildman–Crippen LogP) is -0.231. The van der Waals surface area contributed by atoms with E-state index < -0.39 is 43.9 Å². The van der Waals surface area contributed by atoms with Crippen molar-refractivity contribution in [1.82, 2.24) is 28.5 Å². The molecular formula is C26H34N7O7PS2. The molecule has 232 valence electrons. The molecule has 17 heteroatoms. The molecule has 1 aromatic carbocycles. The minimum atomic E-state index is -3.74. The van der Waals surface area contributed by atoms with Gasteiger partial charge >= 0.3 is 5.56 Å². The number of rotatable bonds is 8. The molecular weight excluding hydrogens is 617 g/mol. The molecule has 0 radical (unpaired) electrons. The first kappa shape index (κ1) is 31.1. The number of carbonyl (C=O) groups is 2. The summed E-state index contributed by atoms with van der Waals surface area (Å²) in [5.41, 5.74) is -1.07. The number of sulfonamides is 1. The highest BCUT2D eigenvalue weighted by atomic mass is 32.2. The van der Waals surface area contributed by atoms with Crippen LogP contribution in [0.1, 0.15) is 41.7 Å². The largest absolute Gasteiger partial charge is 0.501 e. The summed E-state index contributed by atoms with van der Waals surface area (Å²) in [6, 6.07) is 5.21. The highest BCUT2D eigenvalue weighted by molar-refractivity contribution is 7.93. The van der Waals surface area contributed by atoms with Gasteiger partial charge in [-0.25, -0.2) is 26.3 Å². The summed E-state index contributed by atoms with van der Waals surface area (Å²) < 4.78 is 43.2. The van der Waals surface area contributed by atoms with E-state index >= 15 is 0 Å². The maximum absolute atomic E-state index is 13.5. The summed E-state index contributed by atoms with van der Waals surface area (Å²) >= 11 is 0. The van der Waals surface area contributed by atoms with E-state index in [9.17, 15) is 32.1 Å². The van der Waals surface area contributed by atoms with Crippen LogP contribution in [-0.4, -0.2) is 92.2 Å². The van der Waals surface area contributed by atoms with Gasteiger partial charge in [-0.05, 0) is 56.7 Å².